The number of hydrogen-bond acceptors (Lipinski definition) is 0. The fraction of sp³-hybridized carbons (Fsp3) is 0.0244. The first kappa shape index (κ1) is 9.43. The molecule has 0 heterocycles. The molecular weight excluding hydrogens is 492 g/mol. The van der Waals surface area contributed by atoms with Crippen molar-refractivity contribution in [3.8, 4) is 33.4 Å². The lowest BCUT2D eigenvalue weighted by molar-refractivity contribution is 1.50. The van der Waals surface area contributed by atoms with Gasteiger partial charge in [-0.1, -0.05) is 126 Å². The maximum atomic E-state index is 9.52. The van der Waals surface area contributed by atoms with Crippen LogP contribution in [0.1, 0.15) is 39.8 Å². The van der Waals surface area contributed by atoms with E-state index in [1.807, 2.05) is 0 Å². The van der Waals surface area contributed by atoms with Crippen LogP contribution in [0.3, 0.4) is 0 Å². The zero-order chi connectivity index (χ0) is 49.1. The summed E-state index contributed by atoms with van der Waals surface area (Å²) in [6.07, 6.45) is 0. The second-order valence-electron chi connectivity index (χ2n) is 9.00. The Hall–Kier alpha value is -5.20. The molecule has 41 heavy (non-hydrogen) atoms. The van der Waals surface area contributed by atoms with E-state index >= 15 is 0 Å². The Balaban J connectivity index is 1.53. The Kier molecular flexibility index (Phi) is 2.18. The van der Waals surface area contributed by atoms with Gasteiger partial charge < -0.3 is 0 Å². The Morgan fingerprint density at radius 2 is 0.854 bits per heavy atom. The second kappa shape index (κ2) is 9.47. The lowest BCUT2D eigenvalue weighted by atomic mass is 9.91. The van der Waals surface area contributed by atoms with Gasteiger partial charge >= 0.3 is 0 Å². The normalized spacial score (nSPS) is 20.1. The molecule has 0 unspecified atom stereocenters. The van der Waals surface area contributed by atoms with Crippen LogP contribution in [-0.4, -0.2) is 0 Å². The molecule has 0 N–H and O–H groups in total. The van der Waals surface area contributed by atoms with E-state index in [2.05, 4.69) is 0 Å². The number of hydrogen-bond donors (Lipinski definition) is 0. The van der Waals surface area contributed by atoms with E-state index in [1.54, 1.807) is 0 Å². The van der Waals surface area contributed by atoms with Gasteiger partial charge in [0.2, 0.25) is 0 Å². The lowest BCUT2D eigenvalue weighted by Gasteiger charge is -2.13. The van der Waals surface area contributed by atoms with Crippen molar-refractivity contribution in [3.05, 3.63) is 157 Å². The molecule has 0 heteroatoms. The van der Waals surface area contributed by atoms with Crippen molar-refractivity contribution in [2.24, 2.45) is 0 Å². The van der Waals surface area contributed by atoms with Crippen molar-refractivity contribution in [1.29, 1.82) is 0 Å². The van der Waals surface area contributed by atoms with Crippen LogP contribution in [0.5, 0.6) is 0 Å². The average Bonchev–Trinajstić information content (AvgIpc) is 3.27. The molecule has 8 rings (SSSR count). The molecule has 8 aromatic carbocycles. The predicted octanol–water partition coefficient (Wildman–Crippen LogP) is 11.6. The van der Waals surface area contributed by atoms with Crippen molar-refractivity contribution < 1.29 is 34.3 Å². The fourth-order valence-electron chi connectivity index (χ4n) is 4.47. The molecular formula is C41H28. The van der Waals surface area contributed by atoms with Gasteiger partial charge in [-0.3, -0.25) is 0 Å². The quantitative estimate of drug-likeness (QED) is 0.194. The van der Waals surface area contributed by atoms with Crippen LogP contribution in [-0.2, 0) is 0 Å². The summed E-state index contributed by atoms with van der Waals surface area (Å²) in [7, 11) is 0. The van der Waals surface area contributed by atoms with Gasteiger partial charge in [-0.2, -0.15) is 0 Å². The van der Waals surface area contributed by atoms with E-state index < -0.39 is 222 Å². The zero-order valence-corrected chi connectivity index (χ0v) is 21.0. The molecule has 0 atom stereocenters. The average molecular weight is 546 g/mol. The molecule has 192 valence electrons. The van der Waals surface area contributed by atoms with Crippen molar-refractivity contribution >= 4 is 43.1 Å². The third-order valence-corrected chi connectivity index (χ3v) is 6.38. The van der Waals surface area contributed by atoms with Crippen LogP contribution in [0.15, 0.2) is 151 Å². The highest BCUT2D eigenvalue weighted by molar-refractivity contribution is 6.13. The predicted molar refractivity (Wildman–Crippen MR) is 178 cm³/mol. The molecule has 0 radical (unpaired) electrons. The highest BCUT2D eigenvalue weighted by atomic mass is 14.1. The minimum absolute atomic E-state index is 0.00201. The maximum Gasteiger partial charge on any atom is 0.0636 e. The molecule has 0 amide bonds. The summed E-state index contributed by atoms with van der Waals surface area (Å²) >= 11 is 0. The monoisotopic (exact) mass is 545 g/mol. The summed E-state index contributed by atoms with van der Waals surface area (Å²) in [5.74, 6) is 0. The highest BCUT2D eigenvalue weighted by Gasteiger charge is 2.10. The van der Waals surface area contributed by atoms with E-state index in [9.17, 15) is 6.85 Å². The maximum absolute atomic E-state index is 9.52. The summed E-state index contributed by atoms with van der Waals surface area (Å²) in [6.45, 7) is 1.36. The van der Waals surface area contributed by atoms with E-state index in [0.29, 0.717) is 0 Å². The van der Waals surface area contributed by atoms with Gasteiger partial charge in [-0.15, -0.1) is 0 Å². The number of fused-ring (bicyclic) bond motifs is 5. The van der Waals surface area contributed by atoms with E-state index in [-0.39, 0.29) is 10.9 Å². The Bertz CT molecular complexity index is 3650. The topological polar surface area (TPSA) is 0 Å². The SMILES string of the molecule is [2H]c1c([2H])c(-c2c([2H])c([2H])c3c([2H])c(-c4c([2H])c([2H])c5c([2H])c(C)c([2H])c([2H])c5c4[2H])c([2H])c([2H])c3c2[2H])c([2H])c(-c2c([2H])c3c([2H])c([2H])c([2H])c([2H])c3c3c([2H])c([2H])c([2H])c([2H])c23)c1[2H]. The molecule has 0 fully saturated rings. The van der Waals surface area contributed by atoms with Crippen molar-refractivity contribution in [1.82, 2.24) is 0 Å². The minimum atomic E-state index is -1.02. The Morgan fingerprint density at radius 3 is 1.54 bits per heavy atom. The van der Waals surface area contributed by atoms with E-state index in [1.165, 1.54) is 6.92 Å². The van der Waals surface area contributed by atoms with Crippen LogP contribution in [0, 0.1) is 6.92 Å². The van der Waals surface area contributed by atoms with Crippen LogP contribution in [0.25, 0.3) is 76.5 Å². The van der Waals surface area contributed by atoms with Gasteiger partial charge in [0.1, 0.15) is 0 Å². The molecule has 8 aromatic rings. The minimum Gasteiger partial charge on any atom is -0.0616 e. The van der Waals surface area contributed by atoms with Crippen LogP contribution in [0.2, 0.25) is 0 Å². The van der Waals surface area contributed by atoms with Crippen molar-refractivity contribution in [2.75, 3.05) is 0 Å². The Morgan fingerprint density at radius 1 is 0.341 bits per heavy atom. The van der Waals surface area contributed by atoms with Gasteiger partial charge in [0.15, 0.2) is 0 Å². The summed E-state index contributed by atoms with van der Waals surface area (Å²) in [4.78, 5) is 0. The van der Waals surface area contributed by atoms with Gasteiger partial charge in [-0.05, 0) is 114 Å². The van der Waals surface area contributed by atoms with Gasteiger partial charge in [0.05, 0.1) is 34.3 Å². The van der Waals surface area contributed by atoms with Crippen LogP contribution >= 0.6 is 0 Å². The summed E-state index contributed by atoms with van der Waals surface area (Å²) in [5.41, 5.74) is -4.44. The van der Waals surface area contributed by atoms with Gasteiger partial charge in [-0.25, -0.2) is 0 Å². The Labute approximate surface area is 275 Å². The third-order valence-electron chi connectivity index (χ3n) is 6.38. The first-order valence-corrected chi connectivity index (χ1v) is 12.2. The van der Waals surface area contributed by atoms with E-state index in [4.69, 9.17) is 27.4 Å². The van der Waals surface area contributed by atoms with Gasteiger partial charge in [0, 0.05) is 0 Å². The van der Waals surface area contributed by atoms with Crippen LogP contribution < -0.4 is 0 Å². The van der Waals surface area contributed by atoms with E-state index in [0.717, 1.165) is 0 Å². The molecule has 0 saturated carbocycles. The summed E-state index contributed by atoms with van der Waals surface area (Å²) in [6, 6.07) is -20.8. The molecule has 0 aromatic heterocycles. The molecule has 0 nitrogen and oxygen atoms in total. The van der Waals surface area contributed by atoms with Crippen molar-refractivity contribution in [3.63, 3.8) is 0 Å². The van der Waals surface area contributed by atoms with Gasteiger partial charge in [0.25, 0.3) is 0 Å². The fourth-order valence-corrected chi connectivity index (χ4v) is 4.47. The standard InChI is InChI=1S/C41H28/c1-27-13-14-30-22-32(16-15-29(30)21-27)35-20-19-33-23-31(17-18-34(33)24-35)28-8-6-9-36(25-28)41-26-37-7-2-3-10-38(37)39-11-4-5-12-40(39)41/h2-26H,1H3/i2D,3D,4D,5D,6D,7D,8D,9D,10D,11D,12D,13D,14D,15D,16D,17D,18D,19D,20D,21D,22D,23D,24D,25D,26D. The molecule has 0 aliphatic rings. The summed E-state index contributed by atoms with van der Waals surface area (Å²) < 4.78 is 222. The largest absolute Gasteiger partial charge is 0.0636 e. The molecule has 0 saturated heterocycles. The summed E-state index contributed by atoms with van der Waals surface area (Å²) in [5, 5.41) is -4.26. The second-order valence-corrected chi connectivity index (χ2v) is 9.00. The first-order chi connectivity index (χ1) is 30.7. The molecule has 0 aliphatic carbocycles. The lowest BCUT2D eigenvalue weighted by Crippen LogP contribution is -1.86. The molecule has 0 spiro atoms. The number of rotatable bonds is 3. The smallest absolute Gasteiger partial charge is 0.0616 e. The van der Waals surface area contributed by atoms with Crippen LogP contribution in [0.4, 0.5) is 0 Å². The highest BCUT2D eigenvalue weighted by Crippen LogP contribution is 2.37. The van der Waals surface area contributed by atoms with Crippen molar-refractivity contribution in [2.45, 2.75) is 6.92 Å². The third kappa shape index (κ3) is 4.17. The molecule has 0 aliphatic heterocycles. The zero-order valence-electron chi connectivity index (χ0n) is 46.0. The first-order valence-electron chi connectivity index (χ1n) is 24.8. The molecule has 0 bridgehead atoms. The number of benzene rings is 8.